The normalized spacial score (nSPS) is 11.7. The maximum absolute atomic E-state index is 12.0. The molecule has 0 aromatic heterocycles. The van der Waals surface area contributed by atoms with Crippen LogP contribution < -0.4 is 15.8 Å². The van der Waals surface area contributed by atoms with Crippen molar-refractivity contribution >= 4 is 28.9 Å². The van der Waals surface area contributed by atoms with E-state index < -0.39 is 6.10 Å². The minimum Gasteiger partial charge on any atom is -0.479 e. The predicted octanol–water partition coefficient (Wildman–Crippen LogP) is 3.33. The maximum Gasteiger partial charge on any atom is 0.265 e. The fourth-order valence-corrected chi connectivity index (χ4v) is 1.81. The van der Waals surface area contributed by atoms with Gasteiger partial charge >= 0.3 is 0 Å². The van der Waals surface area contributed by atoms with Crippen molar-refractivity contribution in [2.75, 3.05) is 11.1 Å². The molecule has 2 rings (SSSR count). The summed E-state index contributed by atoms with van der Waals surface area (Å²) in [6, 6.07) is 14.1. The third kappa shape index (κ3) is 3.42. The number of benzene rings is 2. The highest BCUT2D eigenvalue weighted by Gasteiger charge is 2.16. The first-order chi connectivity index (χ1) is 9.58. The van der Waals surface area contributed by atoms with E-state index in [0.29, 0.717) is 22.1 Å². The van der Waals surface area contributed by atoms with Gasteiger partial charge in [-0.1, -0.05) is 35.9 Å². The lowest BCUT2D eigenvalue weighted by atomic mass is 10.2. The monoisotopic (exact) mass is 290 g/mol. The van der Waals surface area contributed by atoms with Crippen molar-refractivity contribution in [1.29, 1.82) is 0 Å². The molecule has 0 radical (unpaired) electrons. The minimum atomic E-state index is -0.686. The molecule has 0 saturated carbocycles. The molecule has 0 aliphatic carbocycles. The first kappa shape index (κ1) is 14.2. The van der Waals surface area contributed by atoms with Crippen LogP contribution >= 0.6 is 11.6 Å². The van der Waals surface area contributed by atoms with Crippen LogP contribution in [0.25, 0.3) is 0 Å². The third-order valence-electron chi connectivity index (χ3n) is 2.73. The fraction of sp³-hybridized carbons (Fsp3) is 0.133. The second-order valence-electron chi connectivity index (χ2n) is 4.27. The van der Waals surface area contributed by atoms with Crippen LogP contribution in [-0.4, -0.2) is 12.0 Å². The number of ether oxygens (including phenoxy) is 1. The molecule has 0 heterocycles. The molecule has 1 atom stereocenters. The summed E-state index contributed by atoms with van der Waals surface area (Å²) < 4.78 is 5.53. The van der Waals surface area contributed by atoms with Crippen molar-refractivity contribution in [3.63, 3.8) is 0 Å². The fourth-order valence-electron chi connectivity index (χ4n) is 1.63. The van der Waals surface area contributed by atoms with Crippen molar-refractivity contribution in [3.05, 3.63) is 53.6 Å². The van der Waals surface area contributed by atoms with E-state index in [2.05, 4.69) is 5.32 Å². The summed E-state index contributed by atoms with van der Waals surface area (Å²) in [5.74, 6) is 0.181. The molecule has 5 heteroatoms. The van der Waals surface area contributed by atoms with Crippen molar-refractivity contribution in [2.45, 2.75) is 13.0 Å². The Bertz CT molecular complexity index is 616. The quantitative estimate of drug-likeness (QED) is 0.849. The van der Waals surface area contributed by atoms with Gasteiger partial charge in [0.25, 0.3) is 5.91 Å². The first-order valence-electron chi connectivity index (χ1n) is 6.14. The molecule has 0 spiro atoms. The molecule has 0 bridgehead atoms. The molecule has 0 aliphatic rings. The predicted molar refractivity (Wildman–Crippen MR) is 81.0 cm³/mol. The molecule has 2 aromatic carbocycles. The number of para-hydroxylation sites is 3. The molecular weight excluding hydrogens is 276 g/mol. The van der Waals surface area contributed by atoms with Crippen molar-refractivity contribution in [1.82, 2.24) is 0 Å². The Kier molecular flexibility index (Phi) is 4.48. The Morgan fingerprint density at radius 2 is 1.85 bits per heavy atom. The lowest BCUT2D eigenvalue weighted by molar-refractivity contribution is -0.122. The van der Waals surface area contributed by atoms with Gasteiger partial charge in [0.2, 0.25) is 0 Å². The van der Waals surface area contributed by atoms with E-state index in [0.717, 1.165) is 0 Å². The highest BCUT2D eigenvalue weighted by atomic mass is 35.5. The Balaban J connectivity index is 2.03. The number of rotatable bonds is 4. The molecule has 0 saturated heterocycles. The zero-order valence-corrected chi connectivity index (χ0v) is 11.7. The lowest BCUT2D eigenvalue weighted by Gasteiger charge is -2.16. The molecule has 3 N–H and O–H groups in total. The zero-order chi connectivity index (χ0) is 14.5. The Labute approximate surface area is 122 Å². The number of halogens is 1. The van der Waals surface area contributed by atoms with Gasteiger partial charge in [-0.25, -0.2) is 0 Å². The summed E-state index contributed by atoms with van der Waals surface area (Å²) in [6.07, 6.45) is -0.686. The topological polar surface area (TPSA) is 64.3 Å². The van der Waals surface area contributed by atoms with Gasteiger partial charge in [-0.05, 0) is 31.2 Å². The van der Waals surface area contributed by atoms with Crippen LogP contribution in [0.2, 0.25) is 5.02 Å². The van der Waals surface area contributed by atoms with E-state index in [1.54, 1.807) is 55.5 Å². The second-order valence-corrected chi connectivity index (χ2v) is 4.67. The number of nitrogens with two attached hydrogens (primary N) is 1. The number of nitrogen functional groups attached to an aromatic ring is 1. The first-order valence-corrected chi connectivity index (χ1v) is 6.52. The van der Waals surface area contributed by atoms with Crippen LogP contribution in [0, 0.1) is 0 Å². The van der Waals surface area contributed by atoms with E-state index in [4.69, 9.17) is 22.1 Å². The van der Waals surface area contributed by atoms with E-state index in [-0.39, 0.29) is 5.91 Å². The average molecular weight is 291 g/mol. The van der Waals surface area contributed by atoms with Gasteiger partial charge < -0.3 is 15.8 Å². The Morgan fingerprint density at radius 1 is 1.20 bits per heavy atom. The lowest BCUT2D eigenvalue weighted by Crippen LogP contribution is -2.30. The number of anilines is 2. The number of nitrogens with one attached hydrogen (secondary N) is 1. The number of carbonyl (C=O) groups is 1. The minimum absolute atomic E-state index is 0.289. The molecule has 1 unspecified atom stereocenters. The smallest absolute Gasteiger partial charge is 0.265 e. The number of amides is 1. The zero-order valence-electron chi connectivity index (χ0n) is 11.0. The van der Waals surface area contributed by atoms with Gasteiger partial charge in [0, 0.05) is 0 Å². The van der Waals surface area contributed by atoms with Gasteiger partial charge in [0.05, 0.1) is 16.4 Å². The summed E-state index contributed by atoms with van der Waals surface area (Å²) in [5.41, 5.74) is 6.84. The third-order valence-corrected chi connectivity index (χ3v) is 3.04. The highest BCUT2D eigenvalue weighted by molar-refractivity contribution is 6.32. The van der Waals surface area contributed by atoms with Crippen LogP contribution in [0.5, 0.6) is 5.75 Å². The van der Waals surface area contributed by atoms with Gasteiger partial charge in [-0.3, -0.25) is 4.79 Å². The molecule has 20 heavy (non-hydrogen) atoms. The van der Waals surface area contributed by atoms with Crippen molar-refractivity contribution < 1.29 is 9.53 Å². The molecule has 2 aromatic rings. The van der Waals surface area contributed by atoms with Crippen molar-refractivity contribution in [3.8, 4) is 5.75 Å². The maximum atomic E-state index is 12.0. The van der Waals surface area contributed by atoms with Gasteiger partial charge in [0.1, 0.15) is 5.75 Å². The van der Waals surface area contributed by atoms with Crippen LogP contribution in [0.15, 0.2) is 48.5 Å². The van der Waals surface area contributed by atoms with E-state index in [9.17, 15) is 4.79 Å². The van der Waals surface area contributed by atoms with Gasteiger partial charge in [-0.2, -0.15) is 0 Å². The van der Waals surface area contributed by atoms with E-state index >= 15 is 0 Å². The van der Waals surface area contributed by atoms with Crippen LogP contribution in [0.4, 0.5) is 11.4 Å². The van der Waals surface area contributed by atoms with Gasteiger partial charge in [0.15, 0.2) is 6.10 Å². The average Bonchev–Trinajstić information content (AvgIpc) is 2.43. The van der Waals surface area contributed by atoms with Crippen molar-refractivity contribution in [2.24, 2.45) is 0 Å². The van der Waals surface area contributed by atoms with Crippen LogP contribution in [-0.2, 0) is 4.79 Å². The highest BCUT2D eigenvalue weighted by Crippen LogP contribution is 2.24. The summed E-state index contributed by atoms with van der Waals surface area (Å²) in [4.78, 5) is 12.0. The molecule has 1 amide bonds. The largest absolute Gasteiger partial charge is 0.479 e. The molecular formula is C15H15ClN2O2. The molecule has 104 valence electrons. The molecule has 0 fully saturated rings. The Hall–Kier alpha value is -2.20. The van der Waals surface area contributed by atoms with E-state index in [1.807, 2.05) is 0 Å². The SMILES string of the molecule is CC(Oc1ccccc1Cl)C(=O)Nc1ccccc1N. The summed E-state index contributed by atoms with van der Waals surface area (Å²) in [7, 11) is 0. The Morgan fingerprint density at radius 3 is 2.55 bits per heavy atom. The number of hydrogen-bond acceptors (Lipinski definition) is 3. The van der Waals surface area contributed by atoms with Crippen LogP contribution in [0.3, 0.4) is 0 Å². The molecule has 4 nitrogen and oxygen atoms in total. The van der Waals surface area contributed by atoms with Crippen LogP contribution in [0.1, 0.15) is 6.92 Å². The second kappa shape index (κ2) is 6.30. The summed E-state index contributed by atoms with van der Waals surface area (Å²) in [6.45, 7) is 1.65. The summed E-state index contributed by atoms with van der Waals surface area (Å²) >= 11 is 5.98. The summed E-state index contributed by atoms with van der Waals surface area (Å²) in [5, 5.41) is 3.18. The standard InChI is InChI=1S/C15H15ClN2O2/c1-10(20-14-9-5-2-6-11(14)16)15(19)18-13-8-4-3-7-12(13)17/h2-10H,17H2,1H3,(H,18,19). The van der Waals surface area contributed by atoms with E-state index in [1.165, 1.54) is 0 Å². The molecule has 0 aliphatic heterocycles. The number of carbonyl (C=O) groups excluding carboxylic acids is 1. The van der Waals surface area contributed by atoms with Gasteiger partial charge in [-0.15, -0.1) is 0 Å². The number of hydrogen-bond donors (Lipinski definition) is 2.